The molecule has 6 aromatic rings. The zero-order chi connectivity index (χ0) is 40.0. The molecule has 0 bridgehead atoms. The van der Waals surface area contributed by atoms with E-state index in [1.807, 2.05) is 121 Å². The van der Waals surface area contributed by atoms with Gasteiger partial charge in [0.25, 0.3) is 0 Å². The first-order valence-electron chi connectivity index (χ1n) is 18.6. The van der Waals surface area contributed by atoms with Crippen molar-refractivity contribution in [3.05, 3.63) is 156 Å². The molecule has 56 heavy (non-hydrogen) atoms. The zero-order valence-corrected chi connectivity index (χ0v) is 34.0. The third kappa shape index (κ3) is 10.6. The largest absolute Gasteiger partial charge is 0.368 e. The highest BCUT2D eigenvalue weighted by Gasteiger charge is 2.38. The van der Waals surface area contributed by atoms with Crippen molar-refractivity contribution in [2.24, 2.45) is 0 Å². The standard InChI is InChI=1S/2C23H24NO3P/c2*1-4-18-11-13-20(14-12-18)23(28(25,26-5-2)27-6-3)24-22-16-15-19-9-7-8-10-21(19)17-22/h2*1,7-17,23-24H,5-6H2,2-3H3/t2*23-/m00/s1. The van der Waals surface area contributed by atoms with E-state index >= 15 is 0 Å². The van der Waals surface area contributed by atoms with E-state index in [4.69, 9.17) is 30.9 Å². The molecule has 0 amide bonds. The quantitative estimate of drug-likeness (QED) is 0.0740. The molecule has 0 radical (unpaired) electrons. The van der Waals surface area contributed by atoms with Crippen LogP contribution < -0.4 is 10.6 Å². The van der Waals surface area contributed by atoms with Crippen LogP contribution in [-0.4, -0.2) is 26.4 Å². The van der Waals surface area contributed by atoms with Crippen LogP contribution in [0.3, 0.4) is 0 Å². The third-order valence-electron chi connectivity index (χ3n) is 8.76. The molecule has 0 saturated carbocycles. The summed E-state index contributed by atoms with van der Waals surface area (Å²) in [5.41, 5.74) is 4.77. The van der Waals surface area contributed by atoms with Gasteiger partial charge in [0, 0.05) is 22.5 Å². The van der Waals surface area contributed by atoms with Crippen LogP contribution in [0, 0.1) is 24.7 Å². The maximum Gasteiger partial charge on any atom is 0.357 e. The molecule has 0 unspecified atom stereocenters. The molecule has 0 heterocycles. The Bertz CT molecular complexity index is 2200. The first-order valence-corrected chi connectivity index (χ1v) is 21.8. The van der Waals surface area contributed by atoms with Gasteiger partial charge in [0.1, 0.15) is 0 Å². The number of nitrogens with one attached hydrogen (secondary N) is 2. The van der Waals surface area contributed by atoms with Crippen LogP contribution in [0.25, 0.3) is 21.5 Å². The first-order chi connectivity index (χ1) is 27.2. The molecule has 2 N–H and O–H groups in total. The number of benzene rings is 6. The van der Waals surface area contributed by atoms with Crippen LogP contribution in [0.1, 0.15) is 61.5 Å². The molecule has 0 aliphatic rings. The van der Waals surface area contributed by atoms with E-state index in [2.05, 4.69) is 34.6 Å². The summed E-state index contributed by atoms with van der Waals surface area (Å²) in [6.07, 6.45) is 10.9. The Morgan fingerprint density at radius 3 is 1.11 bits per heavy atom. The molecule has 10 heteroatoms. The van der Waals surface area contributed by atoms with Gasteiger partial charge in [-0.2, -0.15) is 0 Å². The van der Waals surface area contributed by atoms with E-state index in [0.29, 0.717) is 0 Å². The van der Waals surface area contributed by atoms with Gasteiger partial charge in [-0.3, -0.25) is 9.13 Å². The van der Waals surface area contributed by atoms with Crippen LogP contribution in [0.2, 0.25) is 0 Å². The van der Waals surface area contributed by atoms with E-state index < -0.39 is 26.8 Å². The van der Waals surface area contributed by atoms with E-state index in [9.17, 15) is 9.13 Å². The smallest absolute Gasteiger partial charge is 0.357 e. The van der Waals surface area contributed by atoms with Crippen molar-refractivity contribution >= 4 is 48.1 Å². The lowest BCUT2D eigenvalue weighted by molar-refractivity contribution is 0.213. The predicted molar refractivity (Wildman–Crippen MR) is 231 cm³/mol. The summed E-state index contributed by atoms with van der Waals surface area (Å²) in [5.74, 6) is 3.90. The lowest BCUT2D eigenvalue weighted by Crippen LogP contribution is -2.15. The van der Waals surface area contributed by atoms with Crippen molar-refractivity contribution in [1.29, 1.82) is 0 Å². The third-order valence-corrected chi connectivity index (χ3v) is 13.4. The maximum absolute atomic E-state index is 13.6. The highest BCUT2D eigenvalue weighted by atomic mass is 31.2. The van der Waals surface area contributed by atoms with Crippen LogP contribution in [0.5, 0.6) is 0 Å². The summed E-state index contributed by atoms with van der Waals surface area (Å²) in [4.78, 5) is 0. The fourth-order valence-corrected chi connectivity index (χ4v) is 10.1. The molecule has 0 spiro atoms. The number of rotatable bonds is 16. The Morgan fingerprint density at radius 1 is 0.482 bits per heavy atom. The van der Waals surface area contributed by atoms with Crippen molar-refractivity contribution in [3.63, 3.8) is 0 Å². The summed E-state index contributed by atoms with van der Waals surface area (Å²) in [6, 6.07) is 43.0. The fraction of sp³-hybridized carbons (Fsp3) is 0.217. The van der Waals surface area contributed by atoms with Crippen molar-refractivity contribution in [2.45, 2.75) is 39.3 Å². The summed E-state index contributed by atoms with van der Waals surface area (Å²) in [6.45, 7) is 8.37. The molecule has 0 aliphatic carbocycles. The van der Waals surface area contributed by atoms with Gasteiger partial charge >= 0.3 is 15.2 Å². The maximum atomic E-state index is 13.6. The summed E-state index contributed by atoms with van der Waals surface area (Å²) >= 11 is 0. The van der Waals surface area contributed by atoms with Crippen LogP contribution in [-0.2, 0) is 27.2 Å². The normalized spacial score (nSPS) is 12.5. The zero-order valence-electron chi connectivity index (χ0n) is 32.2. The van der Waals surface area contributed by atoms with Gasteiger partial charge in [-0.25, -0.2) is 0 Å². The average Bonchev–Trinajstić information content (AvgIpc) is 3.22. The van der Waals surface area contributed by atoms with Gasteiger partial charge < -0.3 is 28.7 Å². The Morgan fingerprint density at radius 2 is 0.804 bits per heavy atom. The lowest BCUT2D eigenvalue weighted by Gasteiger charge is -2.28. The Balaban J connectivity index is 0.000000214. The average molecular weight is 787 g/mol. The number of fused-ring (bicyclic) bond motifs is 2. The second kappa shape index (κ2) is 20.1. The van der Waals surface area contributed by atoms with Gasteiger partial charge in [-0.05, 0) is 109 Å². The molecule has 0 aromatic heterocycles. The van der Waals surface area contributed by atoms with E-state index in [1.54, 1.807) is 27.7 Å². The van der Waals surface area contributed by atoms with E-state index in [-0.39, 0.29) is 26.4 Å². The van der Waals surface area contributed by atoms with E-state index in [1.165, 1.54) is 0 Å². The molecule has 0 saturated heterocycles. The minimum atomic E-state index is -3.46. The Hall–Kier alpha value is -5.14. The number of hydrogen-bond acceptors (Lipinski definition) is 8. The summed E-state index contributed by atoms with van der Waals surface area (Å²) in [5, 5.41) is 11.2. The lowest BCUT2D eigenvalue weighted by atomic mass is 10.1. The number of hydrogen-bond donors (Lipinski definition) is 2. The summed E-state index contributed by atoms with van der Waals surface area (Å²) in [7, 11) is -6.93. The topological polar surface area (TPSA) is 95.1 Å². The van der Waals surface area contributed by atoms with Gasteiger partial charge in [0.05, 0.1) is 26.4 Å². The first kappa shape index (κ1) is 42.0. The molecular formula is C46H48N2O6P2. The molecular weight excluding hydrogens is 738 g/mol. The van der Waals surface area contributed by atoms with Gasteiger partial charge in [-0.15, -0.1) is 12.8 Å². The van der Waals surface area contributed by atoms with Crippen molar-refractivity contribution in [3.8, 4) is 24.7 Å². The monoisotopic (exact) mass is 786 g/mol. The highest BCUT2D eigenvalue weighted by Crippen LogP contribution is 2.62. The van der Waals surface area contributed by atoms with E-state index in [0.717, 1.165) is 55.2 Å². The van der Waals surface area contributed by atoms with Crippen molar-refractivity contribution in [1.82, 2.24) is 0 Å². The molecule has 288 valence electrons. The van der Waals surface area contributed by atoms with Gasteiger partial charge in [0.15, 0.2) is 11.6 Å². The number of terminal acetylenes is 2. The van der Waals surface area contributed by atoms with Gasteiger partial charge in [-0.1, -0.05) is 96.8 Å². The SMILES string of the molecule is C#Cc1ccc([C@@H](Nc2ccc3ccccc3c2)P(=O)(OCC)OCC)cc1.C#Cc1ccc([C@@H](Nc2ccc3ccccc3c2)P(=O)(OCC)OCC)cc1. The van der Waals surface area contributed by atoms with Crippen molar-refractivity contribution < 1.29 is 27.2 Å². The van der Waals surface area contributed by atoms with Crippen LogP contribution in [0.15, 0.2) is 133 Å². The molecule has 0 fully saturated rings. The molecule has 6 rings (SSSR count). The Labute approximate surface area is 331 Å². The predicted octanol–water partition coefficient (Wildman–Crippen LogP) is 12.4. The molecule has 2 atom stereocenters. The second-order valence-electron chi connectivity index (χ2n) is 12.5. The molecule has 6 aromatic carbocycles. The minimum Gasteiger partial charge on any atom is -0.368 e. The fourth-order valence-electron chi connectivity index (χ4n) is 6.18. The second-order valence-corrected chi connectivity index (χ2v) is 16.7. The minimum absolute atomic E-state index is 0.287. The van der Waals surface area contributed by atoms with Gasteiger partial charge in [0.2, 0.25) is 0 Å². The molecule has 8 nitrogen and oxygen atoms in total. The van der Waals surface area contributed by atoms with Crippen molar-refractivity contribution in [2.75, 3.05) is 37.1 Å². The Kier molecular flexibility index (Phi) is 15.1. The van der Waals surface area contributed by atoms with Crippen LogP contribution >= 0.6 is 15.2 Å². The molecule has 0 aliphatic heterocycles. The summed E-state index contributed by atoms with van der Waals surface area (Å²) < 4.78 is 49.7. The van der Waals surface area contributed by atoms with Crippen LogP contribution in [0.4, 0.5) is 11.4 Å². The highest BCUT2D eigenvalue weighted by molar-refractivity contribution is 7.54. The number of anilines is 2.